The van der Waals surface area contributed by atoms with Crippen molar-refractivity contribution in [2.75, 3.05) is 5.32 Å². The lowest BCUT2D eigenvalue weighted by Gasteiger charge is -2.16. The van der Waals surface area contributed by atoms with E-state index in [9.17, 15) is 4.79 Å². The molecule has 1 aliphatic carbocycles. The maximum absolute atomic E-state index is 12.7. The normalized spacial score (nSPS) is 15.2. The fourth-order valence-electron chi connectivity index (χ4n) is 3.13. The van der Waals surface area contributed by atoms with Crippen LogP contribution in [0.15, 0.2) is 29.6 Å². The van der Waals surface area contributed by atoms with Gasteiger partial charge >= 0.3 is 0 Å². The van der Waals surface area contributed by atoms with Crippen molar-refractivity contribution in [1.29, 1.82) is 0 Å². The molecule has 0 saturated heterocycles. The van der Waals surface area contributed by atoms with Crippen LogP contribution in [0.3, 0.4) is 0 Å². The predicted octanol–water partition coefficient (Wildman–Crippen LogP) is 5.39. The lowest BCUT2D eigenvalue weighted by Crippen LogP contribution is -2.16. The van der Waals surface area contributed by atoms with Gasteiger partial charge in [0.2, 0.25) is 0 Å². The summed E-state index contributed by atoms with van der Waals surface area (Å²) in [4.78, 5) is 14.1. The van der Waals surface area contributed by atoms with Crippen molar-refractivity contribution in [2.24, 2.45) is 0 Å². The molecule has 116 valence electrons. The maximum Gasteiger partial charge on any atom is 0.256 e. The van der Waals surface area contributed by atoms with Crippen molar-refractivity contribution < 1.29 is 4.79 Å². The van der Waals surface area contributed by atoms with Crippen LogP contribution in [0.2, 0.25) is 0 Å². The van der Waals surface area contributed by atoms with E-state index in [1.807, 2.05) is 23.6 Å². The van der Waals surface area contributed by atoms with Gasteiger partial charge in [0.05, 0.1) is 5.56 Å². The van der Waals surface area contributed by atoms with E-state index in [4.69, 9.17) is 0 Å². The van der Waals surface area contributed by atoms with E-state index >= 15 is 0 Å². The van der Waals surface area contributed by atoms with Gasteiger partial charge in [0.1, 0.15) is 0 Å². The van der Waals surface area contributed by atoms with E-state index in [-0.39, 0.29) is 5.91 Å². The molecule has 1 N–H and O–H groups in total. The van der Waals surface area contributed by atoms with Gasteiger partial charge in [0.25, 0.3) is 5.91 Å². The summed E-state index contributed by atoms with van der Waals surface area (Å²) in [5, 5.41) is 5.18. The molecule has 0 unspecified atom stereocenters. The minimum Gasteiger partial charge on any atom is -0.322 e. The van der Waals surface area contributed by atoms with Crippen LogP contribution >= 0.6 is 11.3 Å². The first-order valence-electron chi connectivity index (χ1n) is 8.20. The highest BCUT2D eigenvalue weighted by Gasteiger charge is 2.21. The Kier molecular flexibility index (Phi) is 4.63. The molecule has 0 radical (unpaired) electrons. The third-order valence-corrected chi connectivity index (χ3v) is 5.75. The molecule has 0 bridgehead atoms. The zero-order valence-electron chi connectivity index (χ0n) is 13.3. The molecule has 3 rings (SSSR count). The van der Waals surface area contributed by atoms with Crippen LogP contribution in [-0.4, -0.2) is 5.91 Å². The third-order valence-electron chi connectivity index (χ3n) is 4.66. The lowest BCUT2D eigenvalue weighted by atomic mass is 9.95. The minimum atomic E-state index is 0.0511. The SMILES string of the molecule is CC[C@@H](C)c1ccccc1NC(=O)c1csc2c1CCCC2. The third kappa shape index (κ3) is 2.95. The molecule has 1 heterocycles. The summed E-state index contributed by atoms with van der Waals surface area (Å²) in [5.41, 5.74) is 4.36. The smallest absolute Gasteiger partial charge is 0.256 e. The molecule has 2 aromatic rings. The molecule has 0 saturated carbocycles. The van der Waals surface area contributed by atoms with Crippen LogP contribution in [-0.2, 0) is 12.8 Å². The lowest BCUT2D eigenvalue weighted by molar-refractivity contribution is 0.102. The molecule has 1 amide bonds. The number of para-hydroxylation sites is 1. The average Bonchev–Trinajstić information content (AvgIpc) is 2.99. The fraction of sp³-hybridized carbons (Fsp3) is 0.421. The summed E-state index contributed by atoms with van der Waals surface area (Å²) in [6, 6.07) is 8.17. The molecule has 0 fully saturated rings. The molecule has 22 heavy (non-hydrogen) atoms. The molecule has 1 aromatic heterocycles. The summed E-state index contributed by atoms with van der Waals surface area (Å²) < 4.78 is 0. The first-order chi connectivity index (χ1) is 10.7. The van der Waals surface area contributed by atoms with Crippen LogP contribution in [0.4, 0.5) is 5.69 Å². The fourth-order valence-corrected chi connectivity index (χ4v) is 4.26. The highest BCUT2D eigenvalue weighted by Crippen LogP contribution is 2.32. The van der Waals surface area contributed by atoms with Crippen molar-refractivity contribution in [3.05, 3.63) is 51.2 Å². The van der Waals surface area contributed by atoms with Crippen molar-refractivity contribution >= 4 is 22.9 Å². The molecule has 1 aromatic carbocycles. The zero-order valence-corrected chi connectivity index (χ0v) is 14.1. The number of rotatable bonds is 4. The number of anilines is 1. The van der Waals surface area contributed by atoms with Gasteiger partial charge in [-0.05, 0) is 55.2 Å². The number of fused-ring (bicyclic) bond motifs is 1. The molecule has 2 nitrogen and oxygen atoms in total. The van der Waals surface area contributed by atoms with E-state index in [1.54, 1.807) is 11.3 Å². The number of thiophene rings is 1. The second kappa shape index (κ2) is 6.66. The van der Waals surface area contributed by atoms with Crippen molar-refractivity contribution in [3.8, 4) is 0 Å². The highest BCUT2D eigenvalue weighted by atomic mass is 32.1. The summed E-state index contributed by atoms with van der Waals surface area (Å²) in [7, 11) is 0. The van der Waals surface area contributed by atoms with Crippen LogP contribution in [0.1, 0.15) is 65.4 Å². The second-order valence-corrected chi connectivity index (χ2v) is 7.07. The number of carbonyl (C=O) groups excluding carboxylic acids is 1. The standard InChI is InChI=1S/C19H23NOS/c1-3-13(2)14-8-4-6-10-17(14)20-19(21)16-12-22-18-11-7-5-9-15(16)18/h4,6,8,10,12-13H,3,5,7,9,11H2,1-2H3,(H,20,21)/t13-/m1/s1. The van der Waals surface area contributed by atoms with E-state index in [2.05, 4.69) is 25.2 Å². The molecular formula is C19H23NOS. The van der Waals surface area contributed by atoms with E-state index in [0.717, 1.165) is 30.5 Å². The zero-order chi connectivity index (χ0) is 15.5. The van der Waals surface area contributed by atoms with E-state index in [1.165, 1.54) is 28.8 Å². The first-order valence-corrected chi connectivity index (χ1v) is 9.08. The molecule has 1 atom stereocenters. The average molecular weight is 313 g/mol. The predicted molar refractivity (Wildman–Crippen MR) is 94.1 cm³/mol. The Hall–Kier alpha value is -1.61. The summed E-state index contributed by atoms with van der Waals surface area (Å²) in [6.07, 6.45) is 5.71. The number of amides is 1. The number of hydrogen-bond acceptors (Lipinski definition) is 2. The Morgan fingerprint density at radius 2 is 2.05 bits per heavy atom. The van der Waals surface area contributed by atoms with E-state index in [0.29, 0.717) is 5.92 Å². The quantitative estimate of drug-likeness (QED) is 0.805. The largest absolute Gasteiger partial charge is 0.322 e. The number of carbonyl (C=O) groups is 1. The van der Waals surface area contributed by atoms with Crippen LogP contribution in [0.25, 0.3) is 0 Å². The Labute approximate surface area is 136 Å². The van der Waals surface area contributed by atoms with Gasteiger partial charge in [-0.2, -0.15) is 0 Å². The Morgan fingerprint density at radius 1 is 1.27 bits per heavy atom. The Balaban J connectivity index is 1.85. The van der Waals surface area contributed by atoms with Gasteiger partial charge in [-0.1, -0.05) is 32.0 Å². The summed E-state index contributed by atoms with van der Waals surface area (Å²) in [6.45, 7) is 4.38. The molecular weight excluding hydrogens is 290 g/mol. The number of hydrogen-bond donors (Lipinski definition) is 1. The summed E-state index contributed by atoms with van der Waals surface area (Å²) in [5.74, 6) is 0.503. The van der Waals surface area contributed by atoms with Crippen LogP contribution < -0.4 is 5.32 Å². The van der Waals surface area contributed by atoms with Gasteiger partial charge in [0.15, 0.2) is 0 Å². The van der Waals surface area contributed by atoms with Crippen molar-refractivity contribution in [1.82, 2.24) is 0 Å². The molecule has 0 aliphatic heterocycles. The number of nitrogens with one attached hydrogen (secondary N) is 1. The van der Waals surface area contributed by atoms with Crippen molar-refractivity contribution in [3.63, 3.8) is 0 Å². The first kappa shape index (κ1) is 15.3. The monoisotopic (exact) mass is 313 g/mol. The van der Waals surface area contributed by atoms with Gasteiger partial charge < -0.3 is 5.32 Å². The van der Waals surface area contributed by atoms with Crippen LogP contribution in [0, 0.1) is 0 Å². The molecule has 1 aliphatic rings. The van der Waals surface area contributed by atoms with Crippen LogP contribution in [0.5, 0.6) is 0 Å². The summed E-state index contributed by atoms with van der Waals surface area (Å²) >= 11 is 1.75. The highest BCUT2D eigenvalue weighted by molar-refractivity contribution is 7.10. The van der Waals surface area contributed by atoms with Gasteiger partial charge in [-0.15, -0.1) is 11.3 Å². The molecule has 3 heteroatoms. The van der Waals surface area contributed by atoms with E-state index < -0.39 is 0 Å². The van der Waals surface area contributed by atoms with Crippen molar-refractivity contribution in [2.45, 2.75) is 51.9 Å². The number of aryl methyl sites for hydroxylation is 1. The minimum absolute atomic E-state index is 0.0511. The topological polar surface area (TPSA) is 29.1 Å². The second-order valence-electron chi connectivity index (χ2n) is 6.11. The van der Waals surface area contributed by atoms with Gasteiger partial charge in [-0.25, -0.2) is 0 Å². The Bertz CT molecular complexity index is 674. The Morgan fingerprint density at radius 3 is 2.86 bits per heavy atom. The maximum atomic E-state index is 12.7. The van der Waals surface area contributed by atoms with Gasteiger partial charge in [-0.3, -0.25) is 4.79 Å². The molecule has 0 spiro atoms. The number of benzene rings is 1. The van der Waals surface area contributed by atoms with Gasteiger partial charge in [0, 0.05) is 15.9 Å².